The van der Waals surface area contributed by atoms with Gasteiger partial charge in [0.15, 0.2) is 0 Å². The Bertz CT molecular complexity index is 416. The SMILES string of the molecule is Cl.N[C@@H]1c2cccc(O)c2CC12CCNCC2. The summed E-state index contributed by atoms with van der Waals surface area (Å²) in [4.78, 5) is 0. The van der Waals surface area contributed by atoms with E-state index >= 15 is 0 Å². The van der Waals surface area contributed by atoms with Gasteiger partial charge in [-0.25, -0.2) is 0 Å². The van der Waals surface area contributed by atoms with Gasteiger partial charge < -0.3 is 16.2 Å². The molecule has 3 nitrogen and oxygen atoms in total. The van der Waals surface area contributed by atoms with E-state index in [2.05, 4.69) is 11.4 Å². The molecule has 0 bridgehead atoms. The molecule has 0 saturated carbocycles. The monoisotopic (exact) mass is 254 g/mol. The highest BCUT2D eigenvalue weighted by atomic mass is 35.5. The average molecular weight is 255 g/mol. The van der Waals surface area contributed by atoms with Crippen LogP contribution in [-0.4, -0.2) is 18.2 Å². The topological polar surface area (TPSA) is 58.3 Å². The summed E-state index contributed by atoms with van der Waals surface area (Å²) < 4.78 is 0. The molecule has 1 atom stereocenters. The smallest absolute Gasteiger partial charge is 0.119 e. The van der Waals surface area contributed by atoms with Gasteiger partial charge in [0.1, 0.15) is 5.75 Å². The zero-order chi connectivity index (χ0) is 11.2. The lowest BCUT2D eigenvalue weighted by Crippen LogP contribution is -2.42. The van der Waals surface area contributed by atoms with Crippen LogP contribution in [-0.2, 0) is 6.42 Å². The molecule has 94 valence electrons. The van der Waals surface area contributed by atoms with Crippen molar-refractivity contribution in [2.75, 3.05) is 13.1 Å². The summed E-state index contributed by atoms with van der Waals surface area (Å²) in [7, 11) is 0. The fraction of sp³-hybridized carbons (Fsp3) is 0.538. The predicted octanol–water partition coefficient (Wildman–Crippen LogP) is 1.74. The van der Waals surface area contributed by atoms with Gasteiger partial charge >= 0.3 is 0 Å². The number of fused-ring (bicyclic) bond motifs is 1. The maximum absolute atomic E-state index is 9.89. The predicted molar refractivity (Wildman–Crippen MR) is 70.5 cm³/mol. The quantitative estimate of drug-likeness (QED) is 0.661. The van der Waals surface area contributed by atoms with E-state index in [1.54, 1.807) is 6.07 Å². The van der Waals surface area contributed by atoms with Crippen LogP contribution in [0, 0.1) is 5.41 Å². The molecule has 1 saturated heterocycles. The van der Waals surface area contributed by atoms with Crippen LogP contribution in [0.2, 0.25) is 0 Å². The number of rotatable bonds is 0. The number of hydrogen-bond donors (Lipinski definition) is 3. The first-order valence-electron chi connectivity index (χ1n) is 6.00. The summed E-state index contributed by atoms with van der Waals surface area (Å²) in [6.07, 6.45) is 3.17. The molecular formula is C13H19ClN2O. The van der Waals surface area contributed by atoms with Crippen LogP contribution >= 0.6 is 12.4 Å². The third-order valence-electron chi connectivity index (χ3n) is 4.31. The van der Waals surface area contributed by atoms with Crippen molar-refractivity contribution in [3.63, 3.8) is 0 Å². The van der Waals surface area contributed by atoms with Crippen molar-refractivity contribution in [1.82, 2.24) is 5.32 Å². The molecule has 1 aromatic rings. The second kappa shape index (κ2) is 4.48. The van der Waals surface area contributed by atoms with E-state index in [-0.39, 0.29) is 23.9 Å². The lowest BCUT2D eigenvalue weighted by molar-refractivity contribution is 0.173. The van der Waals surface area contributed by atoms with Crippen molar-refractivity contribution in [3.8, 4) is 5.75 Å². The van der Waals surface area contributed by atoms with Crippen molar-refractivity contribution in [2.45, 2.75) is 25.3 Å². The van der Waals surface area contributed by atoms with Crippen LogP contribution in [0.3, 0.4) is 0 Å². The minimum absolute atomic E-state index is 0. The Morgan fingerprint density at radius 2 is 2.00 bits per heavy atom. The Morgan fingerprint density at radius 3 is 2.65 bits per heavy atom. The average Bonchev–Trinajstić information content (AvgIpc) is 2.57. The van der Waals surface area contributed by atoms with Crippen LogP contribution in [0.5, 0.6) is 5.75 Å². The van der Waals surface area contributed by atoms with Gasteiger partial charge in [-0.05, 0) is 55.0 Å². The Kier molecular flexibility index (Phi) is 3.34. The highest BCUT2D eigenvalue weighted by molar-refractivity contribution is 5.85. The number of benzene rings is 1. The summed E-state index contributed by atoms with van der Waals surface area (Å²) in [5, 5.41) is 13.3. The van der Waals surface area contributed by atoms with Crippen molar-refractivity contribution < 1.29 is 5.11 Å². The third kappa shape index (κ3) is 1.82. The van der Waals surface area contributed by atoms with E-state index in [0.29, 0.717) is 5.75 Å². The van der Waals surface area contributed by atoms with Gasteiger partial charge in [0.25, 0.3) is 0 Å². The number of phenolic OH excluding ortho intramolecular Hbond substituents is 1. The molecule has 2 aliphatic rings. The molecule has 17 heavy (non-hydrogen) atoms. The number of phenols is 1. The van der Waals surface area contributed by atoms with Crippen molar-refractivity contribution in [3.05, 3.63) is 29.3 Å². The second-order valence-electron chi connectivity index (χ2n) is 5.11. The van der Waals surface area contributed by atoms with E-state index < -0.39 is 0 Å². The van der Waals surface area contributed by atoms with Crippen LogP contribution in [0.1, 0.15) is 30.0 Å². The Morgan fingerprint density at radius 1 is 1.29 bits per heavy atom. The van der Waals surface area contributed by atoms with E-state index in [9.17, 15) is 5.11 Å². The van der Waals surface area contributed by atoms with Gasteiger partial charge in [-0.2, -0.15) is 0 Å². The first kappa shape index (κ1) is 12.7. The molecule has 0 aromatic heterocycles. The highest BCUT2D eigenvalue weighted by Gasteiger charge is 2.45. The first-order valence-corrected chi connectivity index (χ1v) is 6.00. The fourth-order valence-corrected chi connectivity index (χ4v) is 3.28. The Labute approximate surface area is 108 Å². The second-order valence-corrected chi connectivity index (χ2v) is 5.11. The van der Waals surface area contributed by atoms with Crippen molar-refractivity contribution >= 4 is 12.4 Å². The van der Waals surface area contributed by atoms with Gasteiger partial charge in [-0.3, -0.25) is 0 Å². The maximum Gasteiger partial charge on any atom is 0.119 e. The number of nitrogens with one attached hydrogen (secondary N) is 1. The van der Waals surface area contributed by atoms with Crippen LogP contribution in [0.15, 0.2) is 18.2 Å². The van der Waals surface area contributed by atoms with Gasteiger partial charge in [-0.1, -0.05) is 12.1 Å². The number of aromatic hydroxyl groups is 1. The Balaban J connectivity index is 0.00000108. The fourth-order valence-electron chi connectivity index (χ4n) is 3.28. The van der Waals surface area contributed by atoms with Crippen molar-refractivity contribution in [2.24, 2.45) is 11.1 Å². The molecule has 3 rings (SSSR count). The molecule has 1 aromatic carbocycles. The summed E-state index contributed by atoms with van der Waals surface area (Å²) in [5.74, 6) is 0.420. The van der Waals surface area contributed by atoms with Gasteiger partial charge in [-0.15, -0.1) is 12.4 Å². The van der Waals surface area contributed by atoms with Crippen LogP contribution in [0.25, 0.3) is 0 Å². The normalized spacial score (nSPS) is 25.4. The number of hydrogen-bond acceptors (Lipinski definition) is 3. The van der Waals surface area contributed by atoms with E-state index in [0.717, 1.165) is 43.5 Å². The summed E-state index contributed by atoms with van der Waals surface area (Å²) in [6, 6.07) is 5.83. The molecule has 1 spiro atoms. The van der Waals surface area contributed by atoms with E-state index in [1.165, 1.54) is 0 Å². The zero-order valence-electron chi connectivity index (χ0n) is 9.78. The molecule has 4 N–H and O–H groups in total. The van der Waals surface area contributed by atoms with Crippen LogP contribution < -0.4 is 11.1 Å². The third-order valence-corrected chi connectivity index (χ3v) is 4.31. The molecule has 1 aliphatic heterocycles. The number of piperidine rings is 1. The maximum atomic E-state index is 9.89. The molecule has 4 heteroatoms. The minimum Gasteiger partial charge on any atom is -0.508 e. The summed E-state index contributed by atoms with van der Waals surface area (Å²) >= 11 is 0. The molecule has 0 amide bonds. The summed E-state index contributed by atoms with van der Waals surface area (Å²) in [6.45, 7) is 2.09. The van der Waals surface area contributed by atoms with Crippen LogP contribution in [0.4, 0.5) is 0 Å². The zero-order valence-corrected chi connectivity index (χ0v) is 10.6. The van der Waals surface area contributed by atoms with Gasteiger partial charge in [0, 0.05) is 6.04 Å². The molecule has 1 heterocycles. The van der Waals surface area contributed by atoms with Gasteiger partial charge in [0.2, 0.25) is 0 Å². The Hall–Kier alpha value is -0.770. The standard InChI is InChI=1S/C13H18N2O.ClH/c14-12-9-2-1-3-11(16)10(9)8-13(12)4-6-15-7-5-13;/h1-3,12,15-16H,4-8,14H2;1H/t12-;/m1./s1. The largest absolute Gasteiger partial charge is 0.508 e. The molecular weight excluding hydrogens is 236 g/mol. The van der Waals surface area contributed by atoms with Gasteiger partial charge in [0.05, 0.1) is 0 Å². The molecule has 1 aliphatic carbocycles. The van der Waals surface area contributed by atoms with E-state index in [1.807, 2.05) is 6.07 Å². The van der Waals surface area contributed by atoms with Crippen molar-refractivity contribution in [1.29, 1.82) is 0 Å². The summed E-state index contributed by atoms with van der Waals surface area (Å²) in [5.41, 5.74) is 8.81. The minimum atomic E-state index is 0. The highest BCUT2D eigenvalue weighted by Crippen LogP contribution is 2.51. The molecule has 1 fully saturated rings. The van der Waals surface area contributed by atoms with E-state index in [4.69, 9.17) is 5.73 Å². The first-order chi connectivity index (χ1) is 7.73. The molecule has 0 radical (unpaired) electrons. The number of halogens is 1. The lowest BCUT2D eigenvalue weighted by atomic mass is 9.73. The number of nitrogens with two attached hydrogens (primary N) is 1. The lowest BCUT2D eigenvalue weighted by Gasteiger charge is -2.37. The molecule has 0 unspecified atom stereocenters.